The van der Waals surface area contributed by atoms with Crippen molar-refractivity contribution in [1.29, 1.82) is 0 Å². The fourth-order valence-electron chi connectivity index (χ4n) is 2.13. The number of nitrogens with zero attached hydrogens (tertiary/aromatic N) is 4. The molecule has 140 valence electrons. The summed E-state index contributed by atoms with van der Waals surface area (Å²) in [4.78, 5) is 34.3. The molecule has 0 saturated carbocycles. The molecule has 0 atom stereocenters. The van der Waals surface area contributed by atoms with E-state index in [0.29, 0.717) is 30.7 Å². The molecular weight excluding hydrogens is 380 g/mol. The highest BCUT2D eigenvalue weighted by atomic mass is 32.2. The number of hydrazine groups is 1. The fraction of sp³-hybridized carbons (Fsp3) is 0.500. The van der Waals surface area contributed by atoms with Gasteiger partial charge in [-0.25, -0.2) is 4.98 Å². The molecule has 1 aliphatic rings. The Balaban J connectivity index is 1.39. The van der Waals surface area contributed by atoms with Crippen molar-refractivity contribution in [2.75, 3.05) is 37.0 Å². The molecule has 2 amide bonds. The van der Waals surface area contributed by atoms with Gasteiger partial charge in [0.05, 0.1) is 24.7 Å². The van der Waals surface area contributed by atoms with Crippen molar-refractivity contribution < 1.29 is 18.8 Å². The van der Waals surface area contributed by atoms with Crippen LogP contribution >= 0.6 is 23.1 Å². The molecule has 2 aromatic heterocycles. The minimum Gasteiger partial charge on any atom is -0.378 e. The minimum absolute atomic E-state index is 0.157. The van der Waals surface area contributed by atoms with E-state index in [1.807, 2.05) is 0 Å². The predicted molar refractivity (Wildman–Crippen MR) is 96.0 cm³/mol. The molecule has 3 heterocycles. The summed E-state index contributed by atoms with van der Waals surface area (Å²) in [5, 5.41) is 6.18. The molecule has 12 heteroatoms. The van der Waals surface area contributed by atoms with Gasteiger partial charge in [0.1, 0.15) is 5.69 Å². The van der Waals surface area contributed by atoms with Gasteiger partial charge in [0.2, 0.25) is 11.8 Å². The third-order valence-corrected chi connectivity index (χ3v) is 5.19. The van der Waals surface area contributed by atoms with E-state index in [-0.39, 0.29) is 17.4 Å². The van der Waals surface area contributed by atoms with E-state index in [0.717, 1.165) is 18.2 Å². The van der Waals surface area contributed by atoms with Gasteiger partial charge in [-0.1, -0.05) is 5.16 Å². The fourth-order valence-corrected chi connectivity index (χ4v) is 3.65. The molecule has 26 heavy (non-hydrogen) atoms. The van der Waals surface area contributed by atoms with E-state index in [1.54, 1.807) is 12.3 Å². The lowest BCUT2D eigenvalue weighted by atomic mass is 10.4. The molecule has 0 spiro atoms. The van der Waals surface area contributed by atoms with E-state index in [1.165, 1.54) is 23.1 Å². The van der Waals surface area contributed by atoms with Gasteiger partial charge in [0.15, 0.2) is 11.0 Å². The Bertz CT molecular complexity index is 758. The average Bonchev–Trinajstić information content (AvgIpc) is 3.30. The number of nitrogens with one attached hydrogen (secondary N) is 2. The number of hydrogen-bond acceptors (Lipinski definition) is 10. The van der Waals surface area contributed by atoms with Crippen molar-refractivity contribution in [3.63, 3.8) is 0 Å². The molecule has 1 fully saturated rings. The lowest BCUT2D eigenvalue weighted by molar-refractivity contribution is -0.119. The molecule has 2 N–H and O–H groups in total. The number of hydrogen-bond donors (Lipinski definition) is 2. The van der Waals surface area contributed by atoms with Gasteiger partial charge in [0, 0.05) is 25.4 Å². The number of morpholine rings is 1. The largest absolute Gasteiger partial charge is 0.378 e. The first-order valence-electron chi connectivity index (χ1n) is 7.86. The first-order chi connectivity index (χ1) is 12.6. The topological polar surface area (TPSA) is 122 Å². The highest BCUT2D eigenvalue weighted by molar-refractivity contribution is 7.99. The van der Waals surface area contributed by atoms with Crippen molar-refractivity contribution in [3.05, 3.63) is 22.8 Å². The van der Waals surface area contributed by atoms with Gasteiger partial charge >= 0.3 is 0 Å². The van der Waals surface area contributed by atoms with Gasteiger partial charge in [0.25, 0.3) is 5.91 Å². The number of carbonyl (C=O) groups is 2. The van der Waals surface area contributed by atoms with Crippen LogP contribution in [0.5, 0.6) is 0 Å². The highest BCUT2D eigenvalue weighted by Crippen LogP contribution is 2.21. The van der Waals surface area contributed by atoms with Crippen LogP contribution in [0.2, 0.25) is 0 Å². The third kappa shape index (κ3) is 5.16. The molecule has 0 radical (unpaired) electrons. The van der Waals surface area contributed by atoms with Crippen LogP contribution in [0.25, 0.3) is 0 Å². The molecule has 3 rings (SSSR count). The summed E-state index contributed by atoms with van der Waals surface area (Å²) in [5.41, 5.74) is 5.01. The first-order valence-corrected chi connectivity index (χ1v) is 9.89. The Hall–Kier alpha value is -2.18. The summed E-state index contributed by atoms with van der Waals surface area (Å²) in [5.74, 6) is 0.845. The molecule has 1 aliphatic heterocycles. The van der Waals surface area contributed by atoms with Crippen LogP contribution in [0, 0.1) is 6.92 Å². The smallest absolute Gasteiger partial charge is 0.289 e. The molecule has 0 aromatic carbocycles. The molecule has 0 bridgehead atoms. The zero-order valence-electron chi connectivity index (χ0n) is 14.1. The van der Waals surface area contributed by atoms with Gasteiger partial charge in [-0.15, -0.1) is 23.1 Å². The van der Waals surface area contributed by atoms with Crippen LogP contribution in [0.15, 0.2) is 9.90 Å². The van der Waals surface area contributed by atoms with E-state index < -0.39 is 5.91 Å². The Morgan fingerprint density at radius 1 is 1.31 bits per heavy atom. The Morgan fingerprint density at radius 2 is 2.12 bits per heavy atom. The summed E-state index contributed by atoms with van der Waals surface area (Å²) in [7, 11) is 0. The van der Waals surface area contributed by atoms with E-state index in [9.17, 15) is 9.59 Å². The Morgan fingerprint density at radius 3 is 2.85 bits per heavy atom. The molecule has 0 unspecified atom stereocenters. The van der Waals surface area contributed by atoms with E-state index >= 15 is 0 Å². The SMILES string of the molecule is Cc1nc(CSCC(=O)NNC(=O)c2csc(N3CCOCC3)n2)no1. The maximum Gasteiger partial charge on any atom is 0.289 e. The Labute approximate surface area is 157 Å². The summed E-state index contributed by atoms with van der Waals surface area (Å²) in [6, 6.07) is 0. The lowest BCUT2D eigenvalue weighted by Gasteiger charge is -2.25. The van der Waals surface area contributed by atoms with Crippen LogP contribution in [-0.4, -0.2) is 59.0 Å². The van der Waals surface area contributed by atoms with E-state index in [2.05, 4.69) is 30.9 Å². The number of ether oxygens (including phenoxy) is 1. The van der Waals surface area contributed by atoms with Gasteiger partial charge in [-0.2, -0.15) is 4.98 Å². The monoisotopic (exact) mass is 398 g/mol. The molecule has 2 aromatic rings. The highest BCUT2D eigenvalue weighted by Gasteiger charge is 2.17. The maximum atomic E-state index is 12.1. The lowest BCUT2D eigenvalue weighted by Crippen LogP contribution is -2.42. The zero-order valence-corrected chi connectivity index (χ0v) is 15.7. The standard InChI is InChI=1S/C14H18N6O4S2/c1-9-15-11(19-24-9)7-25-8-12(21)17-18-13(22)10-6-26-14(16-10)20-2-4-23-5-3-20/h6H,2-5,7-8H2,1H3,(H,17,21)(H,18,22). The number of carbonyl (C=O) groups excluding carboxylic acids is 2. The van der Waals surface area contributed by atoms with Gasteiger partial charge < -0.3 is 14.2 Å². The summed E-state index contributed by atoms with van der Waals surface area (Å²) in [6.07, 6.45) is 0. The third-order valence-electron chi connectivity index (χ3n) is 3.36. The number of thiazole rings is 1. The quantitative estimate of drug-likeness (QED) is 0.664. The minimum atomic E-state index is -0.451. The predicted octanol–water partition coefficient (Wildman–Crippen LogP) is 0.366. The first kappa shape index (κ1) is 18.6. The number of aromatic nitrogens is 3. The number of anilines is 1. The van der Waals surface area contributed by atoms with Crippen molar-refractivity contribution in [1.82, 2.24) is 26.0 Å². The summed E-state index contributed by atoms with van der Waals surface area (Å²) < 4.78 is 10.1. The number of amides is 2. The number of aryl methyl sites for hydroxylation is 1. The second kappa shape index (κ2) is 8.96. The van der Waals surface area contributed by atoms with Crippen LogP contribution in [0.4, 0.5) is 5.13 Å². The van der Waals surface area contributed by atoms with Crippen LogP contribution in [0.1, 0.15) is 22.2 Å². The molecule has 0 aliphatic carbocycles. The van der Waals surface area contributed by atoms with E-state index in [4.69, 9.17) is 9.26 Å². The molecule has 1 saturated heterocycles. The average molecular weight is 398 g/mol. The summed E-state index contributed by atoms with van der Waals surface area (Å²) >= 11 is 2.71. The van der Waals surface area contributed by atoms with Crippen LogP contribution in [-0.2, 0) is 15.3 Å². The molecule has 10 nitrogen and oxygen atoms in total. The second-order valence-corrected chi connectivity index (χ2v) is 7.16. The van der Waals surface area contributed by atoms with Crippen molar-refractivity contribution in [3.8, 4) is 0 Å². The second-order valence-electron chi connectivity index (χ2n) is 5.34. The number of rotatable bonds is 6. The van der Waals surface area contributed by atoms with Gasteiger partial charge in [-0.05, 0) is 0 Å². The van der Waals surface area contributed by atoms with Crippen LogP contribution in [0.3, 0.4) is 0 Å². The van der Waals surface area contributed by atoms with Crippen LogP contribution < -0.4 is 15.8 Å². The number of thioether (sulfide) groups is 1. The Kier molecular flexibility index (Phi) is 6.41. The van der Waals surface area contributed by atoms with Crippen molar-refractivity contribution in [2.45, 2.75) is 12.7 Å². The maximum absolute atomic E-state index is 12.1. The van der Waals surface area contributed by atoms with Crippen molar-refractivity contribution >= 4 is 40.0 Å². The summed E-state index contributed by atoms with van der Waals surface area (Å²) in [6.45, 7) is 4.51. The van der Waals surface area contributed by atoms with Gasteiger partial charge in [-0.3, -0.25) is 20.4 Å². The molecular formula is C14H18N6O4S2. The normalized spacial score (nSPS) is 14.3. The van der Waals surface area contributed by atoms with Crippen molar-refractivity contribution in [2.24, 2.45) is 0 Å². The zero-order chi connectivity index (χ0) is 18.4.